The second-order valence-electron chi connectivity index (χ2n) is 5.88. The number of hydrogen-bond donors (Lipinski definition) is 2. The van der Waals surface area contributed by atoms with Crippen LogP contribution in [0.25, 0.3) is 0 Å². The van der Waals surface area contributed by atoms with Crippen molar-refractivity contribution < 1.29 is 22.7 Å². The summed E-state index contributed by atoms with van der Waals surface area (Å²) >= 11 is 15.0. The standard InChI is InChI=1S/C15H17BrCl2N2O5S/c1-8(9-2-3-9)20-13(21)7-25-14(22)6-19-26(23,24)15-11(17)4-10(16)5-12(15)18/h4-5,8-9,19H,2-3,6-7H2,1H3,(H,20,21). The molecular weight excluding hydrogens is 471 g/mol. The lowest BCUT2D eigenvalue weighted by Crippen LogP contribution is -2.38. The molecule has 11 heteroatoms. The minimum atomic E-state index is -4.13. The first kappa shape index (κ1) is 21.4. The summed E-state index contributed by atoms with van der Waals surface area (Å²) in [4.78, 5) is 23.0. The van der Waals surface area contributed by atoms with Gasteiger partial charge in [-0.15, -0.1) is 0 Å². The van der Waals surface area contributed by atoms with Gasteiger partial charge in [-0.05, 0) is 37.8 Å². The Morgan fingerprint density at radius 2 is 1.88 bits per heavy atom. The van der Waals surface area contributed by atoms with Crippen molar-refractivity contribution in [2.45, 2.75) is 30.7 Å². The molecule has 1 saturated carbocycles. The highest BCUT2D eigenvalue weighted by atomic mass is 79.9. The van der Waals surface area contributed by atoms with Crippen molar-refractivity contribution in [2.24, 2.45) is 5.92 Å². The van der Waals surface area contributed by atoms with Gasteiger partial charge >= 0.3 is 5.97 Å². The van der Waals surface area contributed by atoms with Crippen LogP contribution in [-0.4, -0.2) is 39.5 Å². The molecule has 1 amide bonds. The second kappa shape index (κ2) is 8.88. The monoisotopic (exact) mass is 486 g/mol. The number of nitrogens with one attached hydrogen (secondary N) is 2. The molecule has 1 unspecified atom stereocenters. The number of carbonyl (C=O) groups excluding carboxylic acids is 2. The lowest BCUT2D eigenvalue weighted by atomic mass is 10.2. The Balaban J connectivity index is 1.85. The third kappa shape index (κ3) is 6.09. The first-order valence-corrected chi connectivity index (χ1v) is 10.7. The van der Waals surface area contributed by atoms with Crippen molar-refractivity contribution in [2.75, 3.05) is 13.2 Å². The quantitative estimate of drug-likeness (QED) is 0.548. The zero-order chi connectivity index (χ0) is 19.5. The number of carbonyl (C=O) groups is 2. The minimum absolute atomic E-state index is 0.0291. The first-order chi connectivity index (χ1) is 12.1. The van der Waals surface area contributed by atoms with E-state index in [1.165, 1.54) is 12.1 Å². The SMILES string of the molecule is CC(NC(=O)COC(=O)CNS(=O)(=O)c1c(Cl)cc(Br)cc1Cl)C1CC1. The fourth-order valence-corrected chi connectivity index (χ4v) is 5.12. The van der Waals surface area contributed by atoms with E-state index < -0.39 is 35.1 Å². The van der Waals surface area contributed by atoms with Crippen LogP contribution in [0.5, 0.6) is 0 Å². The molecule has 0 spiro atoms. The summed E-state index contributed by atoms with van der Waals surface area (Å²) in [5.74, 6) is -0.853. The van der Waals surface area contributed by atoms with Crippen molar-refractivity contribution in [3.05, 3.63) is 26.7 Å². The molecule has 0 heterocycles. The number of rotatable bonds is 8. The van der Waals surface area contributed by atoms with Crippen molar-refractivity contribution in [3.8, 4) is 0 Å². The van der Waals surface area contributed by atoms with Crippen molar-refractivity contribution >= 4 is 61.0 Å². The van der Waals surface area contributed by atoms with Crippen LogP contribution in [0.3, 0.4) is 0 Å². The Hall–Kier alpha value is -0.870. The topological polar surface area (TPSA) is 102 Å². The first-order valence-electron chi connectivity index (χ1n) is 7.69. The molecule has 1 aromatic carbocycles. The lowest BCUT2D eigenvalue weighted by Gasteiger charge is -2.13. The molecule has 7 nitrogen and oxygen atoms in total. The maximum absolute atomic E-state index is 12.3. The van der Waals surface area contributed by atoms with Gasteiger partial charge in [0.2, 0.25) is 10.0 Å². The fourth-order valence-electron chi connectivity index (χ4n) is 2.22. The maximum atomic E-state index is 12.3. The predicted octanol–water partition coefficient (Wildman–Crippen LogP) is 2.49. The Bertz CT molecular complexity index is 791. The van der Waals surface area contributed by atoms with E-state index in [2.05, 4.69) is 26.0 Å². The van der Waals surface area contributed by atoms with Crippen LogP contribution in [0, 0.1) is 5.92 Å². The maximum Gasteiger partial charge on any atom is 0.321 e. The number of amides is 1. The van der Waals surface area contributed by atoms with E-state index in [1.807, 2.05) is 6.92 Å². The van der Waals surface area contributed by atoms with E-state index in [-0.39, 0.29) is 21.0 Å². The highest BCUT2D eigenvalue weighted by Gasteiger charge is 2.29. The largest absolute Gasteiger partial charge is 0.455 e. The minimum Gasteiger partial charge on any atom is -0.455 e. The Morgan fingerprint density at radius 3 is 2.42 bits per heavy atom. The molecule has 1 aromatic rings. The van der Waals surface area contributed by atoms with Gasteiger partial charge in [-0.3, -0.25) is 9.59 Å². The number of benzene rings is 1. The van der Waals surface area contributed by atoms with Gasteiger partial charge in [0, 0.05) is 10.5 Å². The third-order valence-corrected chi connectivity index (χ3v) is 6.50. The molecule has 1 fully saturated rings. The lowest BCUT2D eigenvalue weighted by molar-refractivity contribution is -0.147. The van der Waals surface area contributed by atoms with E-state index in [0.29, 0.717) is 10.4 Å². The van der Waals surface area contributed by atoms with Gasteiger partial charge in [0.1, 0.15) is 11.4 Å². The Morgan fingerprint density at radius 1 is 1.31 bits per heavy atom. The molecule has 0 radical (unpaired) electrons. The van der Waals surface area contributed by atoms with Gasteiger partial charge in [-0.1, -0.05) is 39.1 Å². The van der Waals surface area contributed by atoms with Gasteiger partial charge in [-0.25, -0.2) is 8.42 Å². The fraction of sp³-hybridized carbons (Fsp3) is 0.467. The molecule has 2 N–H and O–H groups in total. The van der Waals surface area contributed by atoms with Crippen molar-refractivity contribution in [1.82, 2.24) is 10.0 Å². The number of hydrogen-bond acceptors (Lipinski definition) is 5. The smallest absolute Gasteiger partial charge is 0.321 e. The molecule has 26 heavy (non-hydrogen) atoms. The average Bonchev–Trinajstić information content (AvgIpc) is 3.34. The summed E-state index contributed by atoms with van der Waals surface area (Å²) in [6, 6.07) is 2.76. The summed E-state index contributed by atoms with van der Waals surface area (Å²) in [5.41, 5.74) is 0. The highest BCUT2D eigenvalue weighted by molar-refractivity contribution is 9.10. The highest BCUT2D eigenvalue weighted by Crippen LogP contribution is 2.33. The van der Waals surface area contributed by atoms with Crippen molar-refractivity contribution in [3.63, 3.8) is 0 Å². The van der Waals surface area contributed by atoms with Crippen LogP contribution in [0.4, 0.5) is 0 Å². The van der Waals surface area contributed by atoms with E-state index in [4.69, 9.17) is 27.9 Å². The van der Waals surface area contributed by atoms with E-state index in [0.717, 1.165) is 12.8 Å². The van der Waals surface area contributed by atoms with Gasteiger partial charge in [0.25, 0.3) is 5.91 Å². The summed E-state index contributed by atoms with van der Waals surface area (Å²) in [6.45, 7) is 0.755. The van der Waals surface area contributed by atoms with Gasteiger partial charge in [0.05, 0.1) is 10.0 Å². The van der Waals surface area contributed by atoms with E-state index in [1.54, 1.807) is 0 Å². The molecule has 1 aliphatic carbocycles. The molecule has 0 aliphatic heterocycles. The number of esters is 1. The number of halogens is 3. The zero-order valence-electron chi connectivity index (χ0n) is 13.7. The van der Waals surface area contributed by atoms with Gasteiger partial charge < -0.3 is 10.1 Å². The summed E-state index contributed by atoms with van der Waals surface area (Å²) in [6.07, 6.45) is 2.15. The predicted molar refractivity (Wildman–Crippen MR) is 101 cm³/mol. The van der Waals surface area contributed by atoms with Crippen molar-refractivity contribution in [1.29, 1.82) is 0 Å². The number of sulfonamides is 1. The molecule has 2 rings (SSSR count). The molecule has 144 valence electrons. The second-order valence-corrected chi connectivity index (χ2v) is 9.31. The van der Waals surface area contributed by atoms with Crippen LogP contribution < -0.4 is 10.0 Å². The zero-order valence-corrected chi connectivity index (χ0v) is 17.6. The van der Waals surface area contributed by atoms with Crippen LogP contribution in [0.1, 0.15) is 19.8 Å². The van der Waals surface area contributed by atoms with Crippen LogP contribution in [0.15, 0.2) is 21.5 Å². The molecule has 0 bridgehead atoms. The summed E-state index contributed by atoms with van der Waals surface area (Å²) in [5, 5.41) is 2.52. The molecule has 0 saturated heterocycles. The van der Waals surface area contributed by atoms with Crippen LogP contribution >= 0.6 is 39.1 Å². The van der Waals surface area contributed by atoms with Gasteiger partial charge in [-0.2, -0.15) is 4.72 Å². The normalized spacial score (nSPS) is 15.4. The molecule has 0 aromatic heterocycles. The van der Waals surface area contributed by atoms with Crippen LogP contribution in [0.2, 0.25) is 10.0 Å². The molecule has 1 aliphatic rings. The Kier molecular flexibility index (Phi) is 7.32. The van der Waals surface area contributed by atoms with E-state index >= 15 is 0 Å². The Labute approximate surface area is 169 Å². The van der Waals surface area contributed by atoms with Gasteiger partial charge in [0.15, 0.2) is 6.61 Å². The summed E-state index contributed by atoms with van der Waals surface area (Å²) in [7, 11) is -4.13. The molecule has 1 atom stereocenters. The number of ether oxygens (including phenoxy) is 1. The average molecular weight is 488 g/mol. The summed E-state index contributed by atoms with van der Waals surface area (Å²) < 4.78 is 31.9. The van der Waals surface area contributed by atoms with Crippen LogP contribution in [-0.2, 0) is 24.3 Å². The molecular formula is C15H17BrCl2N2O5S. The van der Waals surface area contributed by atoms with E-state index in [9.17, 15) is 18.0 Å². The third-order valence-electron chi connectivity index (χ3n) is 3.72.